The van der Waals surface area contributed by atoms with Gasteiger partial charge in [0.2, 0.25) is 0 Å². The van der Waals surface area contributed by atoms with Crippen molar-refractivity contribution in [3.63, 3.8) is 0 Å². The molecule has 1 aliphatic carbocycles. The number of ether oxygens (including phenoxy) is 1. The van der Waals surface area contributed by atoms with Crippen molar-refractivity contribution in [3.05, 3.63) is 48.2 Å². The Morgan fingerprint density at radius 1 is 1.11 bits per heavy atom. The lowest BCUT2D eigenvalue weighted by Gasteiger charge is -2.47. The predicted molar refractivity (Wildman–Crippen MR) is 184 cm³/mol. The molecule has 4 heterocycles. The SMILES string of the molecule is CC#Cc1cccc2cccc(-c3ncc4c(NCC5(N(C)C)CCC5)nc(OC[C@@]56CCCN5C[C@H](C)C6)nc4c3P)c12. The van der Waals surface area contributed by atoms with Crippen molar-refractivity contribution >= 4 is 42.0 Å². The Hall–Kier alpha value is -3.30. The number of aromatic nitrogens is 3. The number of anilines is 1. The molecule has 8 heteroatoms. The molecule has 0 radical (unpaired) electrons. The highest BCUT2D eigenvalue weighted by molar-refractivity contribution is 7.28. The maximum atomic E-state index is 6.57. The lowest BCUT2D eigenvalue weighted by Crippen LogP contribution is -2.54. The third-order valence-electron chi connectivity index (χ3n) is 10.5. The zero-order valence-corrected chi connectivity index (χ0v) is 27.6. The number of hydrogen-bond acceptors (Lipinski definition) is 7. The molecule has 3 aliphatic rings. The molecule has 44 heavy (non-hydrogen) atoms. The number of pyridine rings is 1. The average Bonchev–Trinajstić information content (AvgIpc) is 3.51. The highest BCUT2D eigenvalue weighted by atomic mass is 31.0. The topological polar surface area (TPSA) is 66.4 Å². The summed E-state index contributed by atoms with van der Waals surface area (Å²) in [4.78, 5) is 20.1. The number of likely N-dealkylation sites (N-methyl/N-ethyl adjacent to an activating group) is 1. The summed E-state index contributed by atoms with van der Waals surface area (Å²) in [6.45, 7) is 7.99. The number of hydrogen-bond donors (Lipinski definition) is 1. The zero-order chi connectivity index (χ0) is 30.5. The first-order valence-corrected chi connectivity index (χ1v) is 16.6. The molecule has 2 aliphatic heterocycles. The van der Waals surface area contributed by atoms with Gasteiger partial charge in [0.05, 0.1) is 22.1 Å². The van der Waals surface area contributed by atoms with Crippen LogP contribution in [0.4, 0.5) is 5.82 Å². The molecule has 1 saturated carbocycles. The molecular weight excluding hydrogens is 563 g/mol. The van der Waals surface area contributed by atoms with Gasteiger partial charge in [0.1, 0.15) is 12.4 Å². The van der Waals surface area contributed by atoms with E-state index in [2.05, 4.69) is 93.6 Å². The first-order valence-electron chi connectivity index (χ1n) is 16.0. The van der Waals surface area contributed by atoms with Crippen LogP contribution in [0.2, 0.25) is 0 Å². The molecule has 2 aromatic carbocycles. The van der Waals surface area contributed by atoms with E-state index >= 15 is 0 Å². The second kappa shape index (κ2) is 11.6. The van der Waals surface area contributed by atoms with E-state index in [9.17, 15) is 0 Å². The summed E-state index contributed by atoms with van der Waals surface area (Å²) in [6, 6.07) is 13.1. The fourth-order valence-electron chi connectivity index (χ4n) is 7.91. The quantitative estimate of drug-likeness (QED) is 0.199. The number of fused-ring (bicyclic) bond motifs is 3. The second-order valence-electron chi connectivity index (χ2n) is 13.4. The Morgan fingerprint density at radius 2 is 1.93 bits per heavy atom. The Bertz CT molecular complexity index is 1790. The standard InChI is InChI=1S/C36H43N6OP/c1-5-10-25-11-6-12-26-13-7-14-27(29(25)26)30-32(44)31-28(20-37-30)33(38-22-35(41(3)4)15-8-16-35)40-34(39-31)43-23-36-17-9-18-42(36)21-24(2)19-36/h6-7,11-14,20,24H,8-9,15-19,21-23,44H2,1-4H3,(H,38,39,40)/t24-,36+/m1/s1. The van der Waals surface area contributed by atoms with Crippen LogP contribution in [-0.2, 0) is 0 Å². The van der Waals surface area contributed by atoms with E-state index < -0.39 is 0 Å². The van der Waals surface area contributed by atoms with E-state index in [-0.39, 0.29) is 11.1 Å². The van der Waals surface area contributed by atoms with Crippen molar-refractivity contribution in [3.8, 4) is 29.1 Å². The van der Waals surface area contributed by atoms with Gasteiger partial charge in [0.25, 0.3) is 0 Å². The van der Waals surface area contributed by atoms with Crippen molar-refractivity contribution in [2.24, 2.45) is 5.92 Å². The number of rotatable bonds is 8. The van der Waals surface area contributed by atoms with E-state index in [1.807, 2.05) is 13.1 Å². The first-order chi connectivity index (χ1) is 21.3. The Balaban J connectivity index is 1.32. The summed E-state index contributed by atoms with van der Waals surface area (Å²) in [5.41, 5.74) is 4.00. The van der Waals surface area contributed by atoms with Crippen LogP contribution >= 0.6 is 9.24 Å². The summed E-state index contributed by atoms with van der Waals surface area (Å²) in [6.07, 6.45) is 9.11. The van der Waals surface area contributed by atoms with Crippen LogP contribution in [-0.4, -0.2) is 76.2 Å². The van der Waals surface area contributed by atoms with Gasteiger partial charge in [-0.2, -0.15) is 9.97 Å². The predicted octanol–water partition coefficient (Wildman–Crippen LogP) is 5.87. The summed E-state index contributed by atoms with van der Waals surface area (Å²) in [7, 11) is 7.30. The molecule has 3 atom stereocenters. The third kappa shape index (κ3) is 5.02. The van der Waals surface area contributed by atoms with Gasteiger partial charge >= 0.3 is 6.01 Å². The molecule has 228 valence electrons. The fraction of sp³-hybridized carbons (Fsp3) is 0.472. The van der Waals surface area contributed by atoms with Crippen LogP contribution in [0.1, 0.15) is 57.9 Å². The summed E-state index contributed by atoms with van der Waals surface area (Å²) in [5, 5.41) is 7.82. The van der Waals surface area contributed by atoms with E-state index in [1.165, 1.54) is 38.5 Å². The summed E-state index contributed by atoms with van der Waals surface area (Å²) >= 11 is 0. The lowest BCUT2D eigenvalue weighted by atomic mass is 9.75. The van der Waals surface area contributed by atoms with Crippen molar-refractivity contribution in [2.45, 2.75) is 63.5 Å². The first kappa shape index (κ1) is 29.4. The molecule has 0 bridgehead atoms. The van der Waals surface area contributed by atoms with Crippen LogP contribution in [0.5, 0.6) is 6.01 Å². The molecule has 3 fully saturated rings. The van der Waals surface area contributed by atoms with E-state index in [0.717, 1.165) is 69.3 Å². The summed E-state index contributed by atoms with van der Waals surface area (Å²) < 4.78 is 6.57. The maximum Gasteiger partial charge on any atom is 0.319 e. The van der Waals surface area contributed by atoms with E-state index in [0.29, 0.717) is 18.5 Å². The molecule has 7 rings (SSSR count). The second-order valence-corrected chi connectivity index (χ2v) is 14.0. The van der Waals surface area contributed by atoms with E-state index in [1.54, 1.807) is 0 Å². The largest absolute Gasteiger partial charge is 0.461 e. The third-order valence-corrected chi connectivity index (χ3v) is 11.0. The minimum atomic E-state index is 0.0963. The highest BCUT2D eigenvalue weighted by Crippen LogP contribution is 2.42. The van der Waals surface area contributed by atoms with E-state index in [4.69, 9.17) is 19.7 Å². The molecule has 7 nitrogen and oxygen atoms in total. The Labute approximate surface area is 263 Å². The molecule has 2 aromatic heterocycles. The van der Waals surface area contributed by atoms with Gasteiger partial charge in [-0.15, -0.1) is 15.2 Å². The zero-order valence-electron chi connectivity index (χ0n) is 26.4. The Morgan fingerprint density at radius 3 is 2.68 bits per heavy atom. The molecule has 1 N–H and O–H groups in total. The van der Waals surface area contributed by atoms with Gasteiger partial charge in [-0.25, -0.2) is 0 Å². The van der Waals surface area contributed by atoms with Gasteiger partial charge in [-0.1, -0.05) is 43.2 Å². The highest BCUT2D eigenvalue weighted by Gasteiger charge is 2.48. The number of nitrogens with zero attached hydrogens (tertiary/aromatic N) is 5. The van der Waals surface area contributed by atoms with Gasteiger partial charge in [0, 0.05) is 46.6 Å². The van der Waals surface area contributed by atoms with Crippen molar-refractivity contribution in [2.75, 3.05) is 45.7 Å². The molecule has 4 aromatic rings. The average molecular weight is 607 g/mol. The molecule has 0 spiro atoms. The van der Waals surface area contributed by atoms with Gasteiger partial charge in [-0.3, -0.25) is 9.88 Å². The van der Waals surface area contributed by atoms with Crippen LogP contribution in [0, 0.1) is 17.8 Å². The summed E-state index contributed by atoms with van der Waals surface area (Å²) in [5.74, 6) is 7.86. The minimum absolute atomic E-state index is 0.0963. The van der Waals surface area contributed by atoms with Crippen LogP contribution < -0.4 is 15.4 Å². The van der Waals surface area contributed by atoms with Crippen LogP contribution in [0.25, 0.3) is 32.9 Å². The normalized spacial score (nSPS) is 22.5. The number of nitrogens with one attached hydrogen (secondary N) is 1. The van der Waals surface area contributed by atoms with Gasteiger partial charge in [-0.05, 0) is 83.5 Å². The molecular formula is C36H43N6OP. The van der Waals surface area contributed by atoms with Crippen molar-refractivity contribution in [1.82, 2.24) is 24.8 Å². The lowest BCUT2D eigenvalue weighted by molar-refractivity contribution is 0.0738. The number of benzene rings is 2. The van der Waals surface area contributed by atoms with Crippen LogP contribution in [0.3, 0.4) is 0 Å². The van der Waals surface area contributed by atoms with Crippen molar-refractivity contribution < 1.29 is 4.74 Å². The molecule has 2 saturated heterocycles. The fourth-order valence-corrected chi connectivity index (χ4v) is 8.36. The van der Waals surface area contributed by atoms with Crippen LogP contribution in [0.15, 0.2) is 42.6 Å². The maximum absolute atomic E-state index is 6.57. The monoisotopic (exact) mass is 606 g/mol. The molecule has 0 amide bonds. The Kier molecular flexibility index (Phi) is 7.73. The smallest absolute Gasteiger partial charge is 0.319 e. The minimum Gasteiger partial charge on any atom is -0.461 e. The molecule has 1 unspecified atom stereocenters. The van der Waals surface area contributed by atoms with Gasteiger partial charge < -0.3 is 15.0 Å². The van der Waals surface area contributed by atoms with Gasteiger partial charge in [0.15, 0.2) is 0 Å². The van der Waals surface area contributed by atoms with Crippen molar-refractivity contribution in [1.29, 1.82) is 0 Å².